The fraction of sp³-hybridized carbons (Fsp3) is 0.462. The number of hydrogen-bond donors (Lipinski definition) is 1. The number of aliphatic hydroxyl groups is 1. The van der Waals surface area contributed by atoms with Crippen LogP contribution >= 0.6 is 0 Å². The molecule has 4 rings (SSSR count). The summed E-state index contributed by atoms with van der Waals surface area (Å²) in [7, 11) is 1.84. The smallest absolute Gasteiger partial charge is 0.383 e. The van der Waals surface area contributed by atoms with E-state index in [0.717, 1.165) is 11.6 Å². The number of carbonyl (C=O) groups excluding carboxylic acids is 1. The molecule has 1 aliphatic rings. The van der Waals surface area contributed by atoms with Crippen molar-refractivity contribution in [3.8, 4) is 0 Å². The van der Waals surface area contributed by atoms with Gasteiger partial charge in [0.25, 0.3) is 0 Å². The van der Waals surface area contributed by atoms with Gasteiger partial charge in [0.1, 0.15) is 11.4 Å². The summed E-state index contributed by atoms with van der Waals surface area (Å²) in [5, 5.41) is 12.0. The van der Waals surface area contributed by atoms with E-state index in [2.05, 4.69) is 9.97 Å². The van der Waals surface area contributed by atoms with E-state index in [9.17, 15) is 23.1 Å². The van der Waals surface area contributed by atoms with E-state index in [1.165, 1.54) is 19.9 Å². The van der Waals surface area contributed by atoms with Crippen LogP contribution in [0.3, 0.4) is 0 Å². The van der Waals surface area contributed by atoms with Crippen molar-refractivity contribution >= 4 is 16.8 Å². The average Bonchev–Trinajstić information content (AvgIpc) is 2.81. The van der Waals surface area contributed by atoms with Gasteiger partial charge in [-0.2, -0.15) is 13.2 Å². The van der Waals surface area contributed by atoms with Gasteiger partial charge in [-0.25, -0.2) is 4.98 Å². The van der Waals surface area contributed by atoms with Gasteiger partial charge in [0.2, 0.25) is 5.91 Å². The molecule has 1 amide bonds. The molecule has 1 fully saturated rings. The molecule has 3 heterocycles. The van der Waals surface area contributed by atoms with Crippen LogP contribution in [0.2, 0.25) is 0 Å². The zero-order valence-corrected chi connectivity index (χ0v) is 21.0. The van der Waals surface area contributed by atoms with Crippen LogP contribution in [0.15, 0.2) is 35.5 Å². The zero-order chi connectivity index (χ0) is 26.4. The Labute approximate surface area is 207 Å². The highest BCUT2D eigenvalue weighted by atomic mass is 19.4. The Bertz CT molecular complexity index is 1390. The molecule has 192 valence electrons. The van der Waals surface area contributed by atoms with Gasteiger partial charge in [0.15, 0.2) is 5.49 Å². The molecule has 0 spiro atoms. The molecule has 0 aliphatic carbocycles. The Morgan fingerprint density at radius 2 is 1.89 bits per heavy atom. The standard InChI is InChI=1S/C26H30F3N5O2/c1-15-19(7-6-8-21(15)26(27,28)29)16(2)31-24-20-13-23(30-14-22(20)33(5)17(3)32-24)25(36)9-11-34(12-10-25)18(4)35/h6-8,13-14,16,36H,9-12H2,1-5H3/b31-24-. The lowest BCUT2D eigenvalue weighted by atomic mass is 9.87. The normalized spacial score (nSPS) is 17.5. The molecule has 3 aromatic rings. The lowest BCUT2D eigenvalue weighted by molar-refractivity contribution is -0.138. The van der Waals surface area contributed by atoms with Gasteiger partial charge in [-0.1, -0.05) is 12.1 Å². The van der Waals surface area contributed by atoms with Crippen molar-refractivity contribution in [2.24, 2.45) is 12.0 Å². The number of nitrogens with zero attached hydrogens (tertiary/aromatic N) is 5. The van der Waals surface area contributed by atoms with Crippen molar-refractivity contribution in [1.82, 2.24) is 19.4 Å². The topological polar surface area (TPSA) is 83.6 Å². The minimum atomic E-state index is -4.45. The summed E-state index contributed by atoms with van der Waals surface area (Å²) in [5.41, 5.74) is 0.294. The van der Waals surface area contributed by atoms with Crippen LogP contribution in [-0.4, -0.2) is 43.5 Å². The molecule has 1 atom stereocenters. The van der Waals surface area contributed by atoms with E-state index in [1.54, 1.807) is 30.2 Å². The first-order valence-corrected chi connectivity index (χ1v) is 11.8. The van der Waals surface area contributed by atoms with Gasteiger partial charge in [0.05, 0.1) is 29.0 Å². The second-order valence-electron chi connectivity index (χ2n) is 9.49. The Balaban J connectivity index is 1.82. The Morgan fingerprint density at radius 1 is 1.22 bits per heavy atom. The number of aryl methyl sites for hydroxylation is 2. The van der Waals surface area contributed by atoms with Crippen molar-refractivity contribution in [2.45, 2.75) is 58.4 Å². The number of alkyl halides is 3. The SMILES string of the molecule is CC(=O)N1CCC(O)(c2cc3/c(=N/C(C)c4cccc(C(F)(F)F)c4C)nc(C)n(C)c3cn2)CC1. The summed E-state index contributed by atoms with van der Waals surface area (Å²) in [6.07, 6.45) is -2.09. The molecular weight excluding hydrogens is 471 g/mol. The van der Waals surface area contributed by atoms with Gasteiger partial charge in [-0.05, 0) is 56.9 Å². The number of halogens is 3. The number of likely N-dealkylation sites (tertiary alicyclic amines) is 1. The van der Waals surface area contributed by atoms with Crippen LogP contribution in [0, 0.1) is 13.8 Å². The molecule has 1 N–H and O–H groups in total. The van der Waals surface area contributed by atoms with Crippen molar-refractivity contribution in [2.75, 3.05) is 13.1 Å². The number of hydrogen-bond acceptors (Lipinski definition) is 5. The van der Waals surface area contributed by atoms with Crippen LogP contribution in [0.1, 0.15) is 60.9 Å². The van der Waals surface area contributed by atoms with E-state index >= 15 is 0 Å². The van der Waals surface area contributed by atoms with Crippen LogP contribution < -0.4 is 5.49 Å². The van der Waals surface area contributed by atoms with Gasteiger partial charge < -0.3 is 14.6 Å². The van der Waals surface area contributed by atoms with Gasteiger partial charge in [0, 0.05) is 32.4 Å². The molecule has 1 saturated heterocycles. The summed E-state index contributed by atoms with van der Waals surface area (Å²) in [4.78, 5) is 27.3. The minimum Gasteiger partial charge on any atom is -0.383 e. The number of pyridine rings is 1. The maximum Gasteiger partial charge on any atom is 0.416 e. The first kappa shape index (κ1) is 25.8. The van der Waals surface area contributed by atoms with Crippen molar-refractivity contribution < 1.29 is 23.1 Å². The number of piperidine rings is 1. The predicted molar refractivity (Wildman–Crippen MR) is 129 cm³/mol. The molecule has 36 heavy (non-hydrogen) atoms. The first-order valence-electron chi connectivity index (χ1n) is 11.8. The third-order valence-corrected chi connectivity index (χ3v) is 7.20. The Kier molecular flexibility index (Phi) is 6.68. The highest BCUT2D eigenvalue weighted by Gasteiger charge is 2.36. The van der Waals surface area contributed by atoms with Crippen molar-refractivity contribution in [1.29, 1.82) is 0 Å². The minimum absolute atomic E-state index is 0.0322. The fourth-order valence-corrected chi connectivity index (χ4v) is 4.82. The third-order valence-electron chi connectivity index (χ3n) is 7.20. The van der Waals surface area contributed by atoms with Crippen molar-refractivity contribution in [3.63, 3.8) is 0 Å². The highest BCUT2D eigenvalue weighted by molar-refractivity contribution is 5.78. The van der Waals surface area contributed by atoms with E-state index < -0.39 is 23.4 Å². The predicted octanol–water partition coefficient (Wildman–Crippen LogP) is 4.10. The summed E-state index contributed by atoms with van der Waals surface area (Å²) in [6.45, 7) is 7.37. The molecule has 1 unspecified atom stereocenters. The van der Waals surface area contributed by atoms with E-state index in [0.29, 0.717) is 53.9 Å². The van der Waals surface area contributed by atoms with Crippen LogP contribution in [0.5, 0.6) is 0 Å². The lowest BCUT2D eigenvalue weighted by Gasteiger charge is -2.37. The molecule has 1 aliphatic heterocycles. The molecular formula is C26H30F3N5O2. The summed E-state index contributed by atoms with van der Waals surface area (Å²) >= 11 is 0. The molecule has 0 bridgehead atoms. The van der Waals surface area contributed by atoms with Crippen LogP contribution in [-0.2, 0) is 23.6 Å². The van der Waals surface area contributed by atoms with Gasteiger partial charge >= 0.3 is 6.18 Å². The lowest BCUT2D eigenvalue weighted by Crippen LogP contribution is -2.44. The van der Waals surface area contributed by atoms with Crippen LogP contribution in [0.4, 0.5) is 13.2 Å². The second kappa shape index (κ2) is 9.31. The summed E-state index contributed by atoms with van der Waals surface area (Å²) in [6, 6.07) is 5.28. The Hall–Kier alpha value is -3.27. The highest BCUT2D eigenvalue weighted by Crippen LogP contribution is 2.35. The number of benzene rings is 1. The average molecular weight is 502 g/mol. The largest absolute Gasteiger partial charge is 0.416 e. The zero-order valence-electron chi connectivity index (χ0n) is 21.0. The van der Waals surface area contributed by atoms with Gasteiger partial charge in [-0.15, -0.1) is 0 Å². The fourth-order valence-electron chi connectivity index (χ4n) is 4.82. The number of fused-ring (bicyclic) bond motifs is 1. The molecule has 1 aromatic carbocycles. The molecule has 10 heteroatoms. The second-order valence-corrected chi connectivity index (χ2v) is 9.49. The first-order chi connectivity index (χ1) is 16.8. The molecule has 0 radical (unpaired) electrons. The van der Waals surface area contributed by atoms with E-state index in [4.69, 9.17) is 4.99 Å². The van der Waals surface area contributed by atoms with Crippen LogP contribution in [0.25, 0.3) is 10.9 Å². The third kappa shape index (κ3) is 4.74. The maximum atomic E-state index is 13.5. The monoisotopic (exact) mass is 501 g/mol. The number of amides is 1. The molecule has 0 saturated carbocycles. The van der Waals surface area contributed by atoms with E-state index in [1.807, 2.05) is 18.5 Å². The number of aromatic nitrogens is 3. The molecule has 7 nitrogen and oxygen atoms in total. The van der Waals surface area contributed by atoms with Gasteiger partial charge in [-0.3, -0.25) is 14.8 Å². The number of rotatable bonds is 3. The quantitative estimate of drug-likeness (QED) is 0.586. The molecule has 2 aromatic heterocycles. The van der Waals surface area contributed by atoms with Crippen molar-refractivity contribution in [3.05, 3.63) is 64.2 Å². The maximum absolute atomic E-state index is 13.5. The Morgan fingerprint density at radius 3 is 2.50 bits per heavy atom. The number of carbonyl (C=O) groups is 1. The summed E-state index contributed by atoms with van der Waals surface area (Å²) < 4.78 is 42.2. The summed E-state index contributed by atoms with van der Waals surface area (Å²) in [5.74, 6) is 0.632. The van der Waals surface area contributed by atoms with E-state index in [-0.39, 0.29) is 11.5 Å².